The van der Waals surface area contributed by atoms with Crippen molar-refractivity contribution in [1.29, 1.82) is 0 Å². The van der Waals surface area contributed by atoms with Crippen LogP contribution in [0.5, 0.6) is 5.75 Å². The Hall–Kier alpha value is -0.640. The van der Waals surface area contributed by atoms with E-state index in [1.165, 1.54) is 6.92 Å². The number of benzene rings is 1. The molecule has 0 heterocycles. The van der Waals surface area contributed by atoms with Crippen LogP contribution in [0.2, 0.25) is 0 Å². The van der Waals surface area contributed by atoms with Crippen molar-refractivity contribution in [3.8, 4) is 5.75 Å². The summed E-state index contributed by atoms with van der Waals surface area (Å²) in [5.74, 6) is -1.04. The Morgan fingerprint density at radius 2 is 1.69 bits per heavy atom. The van der Waals surface area contributed by atoms with Gasteiger partial charge < -0.3 is 4.74 Å². The molecule has 1 rings (SSSR count). The van der Waals surface area contributed by atoms with Crippen molar-refractivity contribution >= 4 is 41.3 Å². The van der Waals surface area contributed by atoms with Gasteiger partial charge in [0.2, 0.25) is 5.78 Å². The molecule has 4 heteroatoms. The summed E-state index contributed by atoms with van der Waals surface area (Å²) < 4.78 is 4.69. The summed E-state index contributed by atoms with van der Waals surface area (Å²) in [6, 6.07) is 8.47. The first-order valence-corrected chi connectivity index (χ1v) is 3.48. The summed E-state index contributed by atoms with van der Waals surface area (Å²) in [6.45, 7) is 1.17. The van der Waals surface area contributed by atoms with Gasteiger partial charge >= 0.3 is 35.5 Å². The van der Waals surface area contributed by atoms with Crippen LogP contribution in [-0.4, -0.2) is 41.3 Å². The van der Waals surface area contributed by atoms with Crippen LogP contribution in [0.4, 0.5) is 0 Å². The molecule has 0 saturated carbocycles. The van der Waals surface area contributed by atoms with Crippen LogP contribution in [0, 0.1) is 0 Å². The molecule has 0 aliphatic carbocycles. The quantitative estimate of drug-likeness (QED) is 0.294. The summed E-state index contributed by atoms with van der Waals surface area (Å²) in [7, 11) is 0. The van der Waals surface area contributed by atoms with Gasteiger partial charge in [-0.3, -0.25) is 4.79 Å². The summed E-state index contributed by atoms with van der Waals surface area (Å²) in [5, 5.41) is 0. The number of carbonyl (C=O) groups is 2. The van der Waals surface area contributed by atoms with Crippen molar-refractivity contribution in [2.24, 2.45) is 0 Å². The fraction of sp³-hybridized carbons (Fsp3) is 0.111. The van der Waals surface area contributed by atoms with Gasteiger partial charge in [0.25, 0.3) is 0 Å². The minimum atomic E-state index is -0.832. The molecule has 0 atom stereocenters. The summed E-state index contributed by atoms with van der Waals surface area (Å²) in [4.78, 5) is 21.2. The van der Waals surface area contributed by atoms with E-state index in [1.54, 1.807) is 30.3 Å². The van der Waals surface area contributed by atoms with Gasteiger partial charge in [0.15, 0.2) is 0 Å². The third-order valence-corrected chi connectivity index (χ3v) is 1.24. The number of para-hydroxylation sites is 1. The summed E-state index contributed by atoms with van der Waals surface area (Å²) >= 11 is 0. The van der Waals surface area contributed by atoms with Crippen molar-refractivity contribution in [2.45, 2.75) is 6.92 Å². The fourth-order valence-corrected chi connectivity index (χ4v) is 0.667. The zero-order valence-corrected chi connectivity index (χ0v) is 6.61. The number of hydrogen-bond acceptors (Lipinski definition) is 3. The summed E-state index contributed by atoms with van der Waals surface area (Å²) in [6.07, 6.45) is 0. The van der Waals surface area contributed by atoms with Crippen molar-refractivity contribution in [3.05, 3.63) is 30.3 Å². The first-order valence-electron chi connectivity index (χ1n) is 3.48. The number of esters is 1. The van der Waals surface area contributed by atoms with Crippen LogP contribution >= 0.6 is 0 Å². The second-order valence-electron chi connectivity index (χ2n) is 2.26. The second-order valence-corrected chi connectivity index (χ2v) is 2.26. The van der Waals surface area contributed by atoms with E-state index >= 15 is 0 Å². The van der Waals surface area contributed by atoms with Crippen molar-refractivity contribution in [3.63, 3.8) is 0 Å². The van der Waals surface area contributed by atoms with Crippen LogP contribution in [-0.2, 0) is 9.59 Å². The number of rotatable bonds is 2. The molecule has 0 saturated heterocycles. The van der Waals surface area contributed by atoms with E-state index < -0.39 is 11.8 Å². The average molecular weight is 188 g/mol. The number of ketones is 1. The first kappa shape index (κ1) is 12.4. The van der Waals surface area contributed by atoms with Crippen LogP contribution in [0.3, 0.4) is 0 Å². The molecule has 0 spiro atoms. The number of Topliss-reactive ketones (excluding diaryl/α,β-unsaturated/α-hetero) is 1. The zero-order valence-electron chi connectivity index (χ0n) is 6.61. The molecule has 1 aromatic rings. The van der Waals surface area contributed by atoms with E-state index in [-0.39, 0.29) is 29.6 Å². The Morgan fingerprint density at radius 3 is 2.15 bits per heavy atom. The average Bonchev–Trinajstić information content (AvgIpc) is 2.06. The van der Waals surface area contributed by atoms with E-state index in [2.05, 4.69) is 4.74 Å². The van der Waals surface area contributed by atoms with Gasteiger partial charge in [0, 0.05) is 6.92 Å². The van der Waals surface area contributed by atoms with Gasteiger partial charge in [-0.05, 0) is 12.1 Å². The van der Waals surface area contributed by atoms with Crippen LogP contribution in [0.1, 0.15) is 6.92 Å². The second kappa shape index (κ2) is 5.91. The molecule has 0 bridgehead atoms. The molecular weight excluding hydrogens is 179 g/mol. The molecule has 3 nitrogen and oxygen atoms in total. The molecular formula is C9H9NaO3. The van der Waals surface area contributed by atoms with E-state index in [1.807, 2.05) is 0 Å². The monoisotopic (exact) mass is 188 g/mol. The predicted molar refractivity (Wildman–Crippen MR) is 49.9 cm³/mol. The van der Waals surface area contributed by atoms with Crippen LogP contribution in [0.25, 0.3) is 0 Å². The molecule has 0 N–H and O–H groups in total. The number of ether oxygens (including phenoxy) is 1. The number of hydrogen-bond donors (Lipinski definition) is 0. The maximum absolute atomic E-state index is 10.7. The first-order chi connectivity index (χ1) is 5.70. The Morgan fingerprint density at radius 1 is 1.15 bits per heavy atom. The van der Waals surface area contributed by atoms with Gasteiger partial charge in [-0.1, -0.05) is 18.2 Å². The third-order valence-electron chi connectivity index (χ3n) is 1.24. The van der Waals surface area contributed by atoms with Crippen LogP contribution < -0.4 is 4.74 Å². The maximum atomic E-state index is 10.7. The Labute approximate surface area is 98.4 Å². The Kier molecular flexibility index (Phi) is 5.62. The van der Waals surface area contributed by atoms with Crippen molar-refractivity contribution in [1.82, 2.24) is 0 Å². The number of carbonyl (C=O) groups excluding carboxylic acids is 2. The minimum absolute atomic E-state index is 0. The zero-order chi connectivity index (χ0) is 8.97. The molecule has 0 unspecified atom stereocenters. The van der Waals surface area contributed by atoms with E-state index in [9.17, 15) is 9.59 Å². The Bertz CT molecular complexity index is 295. The fourth-order valence-electron chi connectivity index (χ4n) is 0.667. The topological polar surface area (TPSA) is 43.4 Å². The van der Waals surface area contributed by atoms with Gasteiger partial charge in [-0.2, -0.15) is 0 Å². The van der Waals surface area contributed by atoms with Crippen molar-refractivity contribution in [2.75, 3.05) is 0 Å². The Balaban J connectivity index is 0.00000144. The van der Waals surface area contributed by atoms with Gasteiger partial charge in [-0.25, -0.2) is 4.79 Å². The van der Waals surface area contributed by atoms with Crippen LogP contribution in [0.15, 0.2) is 30.3 Å². The molecule has 0 aliphatic rings. The molecule has 64 valence electrons. The van der Waals surface area contributed by atoms with E-state index in [0.717, 1.165) is 0 Å². The molecule has 0 fully saturated rings. The molecule has 0 radical (unpaired) electrons. The standard InChI is InChI=1S/C9H8O3.Na.H/c1-7(10)9(11)12-8-5-3-2-4-6-8;;/h2-6H,1H3;;. The molecule has 0 aromatic heterocycles. The molecule has 0 aliphatic heterocycles. The molecule has 1 aromatic carbocycles. The SMILES string of the molecule is CC(=O)C(=O)Oc1ccccc1.[NaH]. The molecule has 0 amide bonds. The molecule has 13 heavy (non-hydrogen) atoms. The normalized spacial score (nSPS) is 8.38. The van der Waals surface area contributed by atoms with E-state index in [0.29, 0.717) is 5.75 Å². The third kappa shape index (κ3) is 4.22. The van der Waals surface area contributed by atoms with E-state index in [4.69, 9.17) is 0 Å². The van der Waals surface area contributed by atoms with Gasteiger partial charge in [0.05, 0.1) is 0 Å². The van der Waals surface area contributed by atoms with Crippen molar-refractivity contribution < 1.29 is 14.3 Å². The summed E-state index contributed by atoms with van der Waals surface area (Å²) in [5.41, 5.74) is 0. The van der Waals surface area contributed by atoms with Gasteiger partial charge in [0.1, 0.15) is 5.75 Å². The predicted octanol–water partition coefficient (Wildman–Crippen LogP) is 0.532. The van der Waals surface area contributed by atoms with Gasteiger partial charge in [-0.15, -0.1) is 0 Å².